The van der Waals surface area contributed by atoms with Crippen LogP contribution in [0.4, 0.5) is 0 Å². The van der Waals surface area contributed by atoms with E-state index in [1.165, 1.54) is 16.7 Å². The van der Waals surface area contributed by atoms with Crippen LogP contribution < -0.4 is 4.74 Å². The summed E-state index contributed by atoms with van der Waals surface area (Å²) in [5, 5.41) is 0. The van der Waals surface area contributed by atoms with E-state index in [4.69, 9.17) is 4.74 Å². The maximum absolute atomic E-state index is 5.80. The van der Waals surface area contributed by atoms with Gasteiger partial charge < -0.3 is 9.30 Å². The molecule has 0 aliphatic carbocycles. The van der Waals surface area contributed by atoms with Crippen molar-refractivity contribution in [3.05, 3.63) is 47.5 Å². The Morgan fingerprint density at radius 3 is 2.59 bits per heavy atom. The van der Waals surface area contributed by atoms with Crippen molar-refractivity contribution in [3.8, 4) is 5.75 Å². The molecule has 0 aliphatic rings. The molecule has 2 rings (SSSR count). The summed E-state index contributed by atoms with van der Waals surface area (Å²) in [5.74, 6) is 0.980. The molecular weight excluding hydrogens is 212 g/mol. The molecule has 0 amide bonds. The van der Waals surface area contributed by atoms with Crippen LogP contribution in [0.1, 0.15) is 16.7 Å². The van der Waals surface area contributed by atoms with Gasteiger partial charge in [-0.1, -0.05) is 6.07 Å². The molecule has 0 unspecified atom stereocenters. The van der Waals surface area contributed by atoms with Gasteiger partial charge in [0.05, 0.1) is 12.9 Å². The zero-order valence-electron chi connectivity index (χ0n) is 10.6. The summed E-state index contributed by atoms with van der Waals surface area (Å²) >= 11 is 0. The molecule has 2 aromatic rings. The molecule has 0 N–H and O–H groups in total. The van der Waals surface area contributed by atoms with Crippen LogP contribution in [0, 0.1) is 20.8 Å². The highest BCUT2D eigenvalue weighted by Crippen LogP contribution is 2.22. The minimum absolute atomic E-state index is 0.666. The van der Waals surface area contributed by atoms with Gasteiger partial charge in [-0.15, -0.1) is 0 Å². The lowest BCUT2D eigenvalue weighted by molar-refractivity contribution is 0.296. The van der Waals surface area contributed by atoms with Crippen molar-refractivity contribution in [1.82, 2.24) is 9.55 Å². The van der Waals surface area contributed by atoms with Gasteiger partial charge >= 0.3 is 0 Å². The third-order valence-electron chi connectivity index (χ3n) is 2.96. The standard InChI is InChI=1S/C14H18N2O/c1-11-8-13(3)14(9-12(11)2)17-7-6-16-5-4-15-10-16/h4-5,8-10H,6-7H2,1-3H3. The fourth-order valence-corrected chi connectivity index (χ4v) is 1.77. The average molecular weight is 230 g/mol. The molecular formula is C14H18N2O. The van der Waals surface area contributed by atoms with Gasteiger partial charge in [0.1, 0.15) is 12.4 Å². The molecule has 3 heteroatoms. The highest BCUT2D eigenvalue weighted by Gasteiger charge is 2.02. The molecule has 3 nitrogen and oxygen atoms in total. The van der Waals surface area contributed by atoms with Crippen LogP contribution in [0.25, 0.3) is 0 Å². The van der Waals surface area contributed by atoms with Gasteiger partial charge in [0, 0.05) is 12.4 Å². The van der Waals surface area contributed by atoms with E-state index < -0.39 is 0 Å². The molecule has 0 bridgehead atoms. The average Bonchev–Trinajstić information content (AvgIpc) is 2.78. The first-order valence-corrected chi connectivity index (χ1v) is 5.83. The number of benzene rings is 1. The molecule has 0 saturated carbocycles. The van der Waals surface area contributed by atoms with Crippen LogP contribution in [-0.4, -0.2) is 16.2 Å². The summed E-state index contributed by atoms with van der Waals surface area (Å²) in [4.78, 5) is 4.00. The molecule has 17 heavy (non-hydrogen) atoms. The van der Waals surface area contributed by atoms with Crippen molar-refractivity contribution in [2.24, 2.45) is 0 Å². The first kappa shape index (κ1) is 11.7. The Hall–Kier alpha value is -1.77. The number of ether oxygens (including phenoxy) is 1. The Labute approximate surface area is 102 Å². The van der Waals surface area contributed by atoms with Crippen molar-refractivity contribution >= 4 is 0 Å². The summed E-state index contributed by atoms with van der Waals surface area (Å²) in [6.45, 7) is 7.81. The van der Waals surface area contributed by atoms with Crippen LogP contribution in [0.3, 0.4) is 0 Å². The number of nitrogens with zero attached hydrogens (tertiary/aromatic N) is 2. The van der Waals surface area contributed by atoms with E-state index in [1.807, 2.05) is 10.8 Å². The molecule has 0 radical (unpaired) electrons. The second kappa shape index (κ2) is 5.04. The van der Waals surface area contributed by atoms with Crippen molar-refractivity contribution in [3.63, 3.8) is 0 Å². The summed E-state index contributed by atoms with van der Waals surface area (Å²) in [6, 6.07) is 4.28. The van der Waals surface area contributed by atoms with Crippen molar-refractivity contribution in [2.45, 2.75) is 27.3 Å². The van der Waals surface area contributed by atoms with E-state index in [0.29, 0.717) is 6.61 Å². The van der Waals surface area contributed by atoms with E-state index in [-0.39, 0.29) is 0 Å². The van der Waals surface area contributed by atoms with Crippen molar-refractivity contribution in [1.29, 1.82) is 0 Å². The van der Waals surface area contributed by atoms with Crippen LogP contribution in [-0.2, 0) is 6.54 Å². The van der Waals surface area contributed by atoms with Crippen LogP contribution in [0.2, 0.25) is 0 Å². The fraction of sp³-hybridized carbons (Fsp3) is 0.357. The van der Waals surface area contributed by atoms with Crippen LogP contribution in [0.5, 0.6) is 5.75 Å². The lowest BCUT2D eigenvalue weighted by atomic mass is 10.1. The Bertz CT molecular complexity index is 489. The van der Waals surface area contributed by atoms with E-state index >= 15 is 0 Å². The highest BCUT2D eigenvalue weighted by atomic mass is 16.5. The monoisotopic (exact) mass is 230 g/mol. The normalized spacial score (nSPS) is 10.5. The smallest absolute Gasteiger partial charge is 0.122 e. The predicted octanol–water partition coefficient (Wildman–Crippen LogP) is 2.89. The molecule has 1 aromatic carbocycles. The first-order valence-electron chi connectivity index (χ1n) is 5.83. The SMILES string of the molecule is Cc1cc(C)c(OCCn2ccnc2)cc1C. The second-order valence-electron chi connectivity index (χ2n) is 4.35. The molecule has 0 saturated heterocycles. The van der Waals surface area contributed by atoms with Crippen LogP contribution >= 0.6 is 0 Å². The second-order valence-corrected chi connectivity index (χ2v) is 4.35. The summed E-state index contributed by atoms with van der Waals surface area (Å²) in [7, 11) is 0. The largest absolute Gasteiger partial charge is 0.491 e. The zero-order chi connectivity index (χ0) is 12.3. The Morgan fingerprint density at radius 1 is 1.12 bits per heavy atom. The first-order chi connectivity index (χ1) is 8.16. The molecule has 0 fully saturated rings. The number of imidazole rings is 1. The lowest BCUT2D eigenvalue weighted by Crippen LogP contribution is -2.07. The predicted molar refractivity (Wildman–Crippen MR) is 68.4 cm³/mol. The topological polar surface area (TPSA) is 27.1 Å². The highest BCUT2D eigenvalue weighted by molar-refractivity contribution is 5.40. The Balaban J connectivity index is 1.97. The van der Waals surface area contributed by atoms with Crippen molar-refractivity contribution < 1.29 is 4.74 Å². The number of rotatable bonds is 4. The molecule has 0 spiro atoms. The molecule has 0 aliphatic heterocycles. The number of hydrogen-bond acceptors (Lipinski definition) is 2. The lowest BCUT2D eigenvalue weighted by Gasteiger charge is -2.12. The van der Waals surface area contributed by atoms with Gasteiger partial charge in [0.15, 0.2) is 0 Å². The fourth-order valence-electron chi connectivity index (χ4n) is 1.77. The Morgan fingerprint density at radius 2 is 1.88 bits per heavy atom. The molecule has 90 valence electrons. The maximum atomic E-state index is 5.80. The quantitative estimate of drug-likeness (QED) is 0.807. The molecule has 1 aromatic heterocycles. The van der Waals surface area contributed by atoms with E-state index in [9.17, 15) is 0 Å². The summed E-state index contributed by atoms with van der Waals surface area (Å²) in [5.41, 5.74) is 3.77. The maximum Gasteiger partial charge on any atom is 0.122 e. The van der Waals surface area contributed by atoms with Gasteiger partial charge in [-0.05, 0) is 43.5 Å². The number of aromatic nitrogens is 2. The Kier molecular flexibility index (Phi) is 3.47. The molecule has 0 atom stereocenters. The van der Waals surface area contributed by atoms with Gasteiger partial charge in [-0.3, -0.25) is 0 Å². The van der Waals surface area contributed by atoms with Gasteiger partial charge in [0.25, 0.3) is 0 Å². The van der Waals surface area contributed by atoms with E-state index in [2.05, 4.69) is 37.9 Å². The van der Waals surface area contributed by atoms with E-state index in [1.54, 1.807) is 12.5 Å². The zero-order valence-corrected chi connectivity index (χ0v) is 10.6. The minimum Gasteiger partial charge on any atom is -0.491 e. The van der Waals surface area contributed by atoms with Gasteiger partial charge in [0.2, 0.25) is 0 Å². The summed E-state index contributed by atoms with van der Waals surface area (Å²) in [6.07, 6.45) is 5.52. The van der Waals surface area contributed by atoms with Crippen molar-refractivity contribution in [2.75, 3.05) is 6.61 Å². The van der Waals surface area contributed by atoms with Crippen LogP contribution in [0.15, 0.2) is 30.9 Å². The number of hydrogen-bond donors (Lipinski definition) is 0. The van der Waals surface area contributed by atoms with Gasteiger partial charge in [-0.25, -0.2) is 4.98 Å². The van der Waals surface area contributed by atoms with E-state index in [0.717, 1.165) is 12.3 Å². The third kappa shape index (κ3) is 2.87. The minimum atomic E-state index is 0.666. The molecule has 1 heterocycles. The summed E-state index contributed by atoms with van der Waals surface area (Å²) < 4.78 is 7.81. The number of aryl methyl sites for hydroxylation is 3. The van der Waals surface area contributed by atoms with Gasteiger partial charge in [-0.2, -0.15) is 0 Å². The third-order valence-corrected chi connectivity index (χ3v) is 2.96.